The Labute approximate surface area is 171 Å². The maximum Gasteiger partial charge on any atom is 0.252 e. The molecule has 0 bridgehead atoms. The minimum Gasteiger partial charge on any atom is -0.495 e. The number of pyridine rings is 1. The number of carbonyl (C=O) groups is 1. The van der Waals surface area contributed by atoms with Gasteiger partial charge in [0, 0.05) is 51.7 Å². The van der Waals surface area contributed by atoms with Gasteiger partial charge in [-0.25, -0.2) is 0 Å². The number of ether oxygens (including phenoxy) is 1. The van der Waals surface area contributed by atoms with Crippen LogP contribution in [0, 0.1) is 0 Å². The molecular weight excluding hydrogens is 368 g/mol. The van der Waals surface area contributed by atoms with E-state index in [1.54, 1.807) is 38.7 Å². The summed E-state index contributed by atoms with van der Waals surface area (Å²) in [4.78, 5) is 22.6. The molecule has 8 nitrogen and oxygen atoms in total. The maximum atomic E-state index is 12.0. The van der Waals surface area contributed by atoms with Crippen molar-refractivity contribution >= 4 is 17.6 Å². The fraction of sp³-hybridized carbons (Fsp3) is 0.381. The normalized spacial score (nSPS) is 16.4. The molecular formula is C21H28N6O2. The smallest absolute Gasteiger partial charge is 0.252 e. The third-order valence-corrected chi connectivity index (χ3v) is 4.81. The standard InChI is InChI=1S/C21H28N6O2/c1-22-21(25-12-11-24-20(28)16-6-5-10-23-14-16)26-17-9-13-27(15-17)18-7-3-4-8-19(18)29-2/h3-8,10,14,17H,9,11-13,15H2,1-2H3,(H,24,28)(H2,22,25,26). The number of aliphatic imine (C=N–C) groups is 1. The summed E-state index contributed by atoms with van der Waals surface area (Å²) >= 11 is 0. The average Bonchev–Trinajstić information content (AvgIpc) is 3.24. The molecule has 1 fully saturated rings. The number of amides is 1. The van der Waals surface area contributed by atoms with E-state index in [1.165, 1.54) is 0 Å². The van der Waals surface area contributed by atoms with Gasteiger partial charge in [-0.1, -0.05) is 12.1 Å². The van der Waals surface area contributed by atoms with E-state index in [1.807, 2.05) is 18.2 Å². The van der Waals surface area contributed by atoms with Gasteiger partial charge in [0.25, 0.3) is 5.91 Å². The Morgan fingerprint density at radius 2 is 2.07 bits per heavy atom. The van der Waals surface area contributed by atoms with E-state index >= 15 is 0 Å². The molecule has 1 atom stereocenters. The molecule has 0 radical (unpaired) electrons. The number of hydrogen-bond acceptors (Lipinski definition) is 5. The van der Waals surface area contributed by atoms with Crippen LogP contribution >= 0.6 is 0 Å². The predicted octanol–water partition coefficient (Wildman–Crippen LogP) is 1.26. The van der Waals surface area contributed by atoms with Gasteiger partial charge in [0.2, 0.25) is 0 Å². The summed E-state index contributed by atoms with van der Waals surface area (Å²) in [5.41, 5.74) is 1.66. The number of anilines is 1. The highest BCUT2D eigenvalue weighted by molar-refractivity contribution is 5.93. The van der Waals surface area contributed by atoms with Crippen LogP contribution in [0.25, 0.3) is 0 Å². The molecule has 0 saturated carbocycles. The van der Waals surface area contributed by atoms with E-state index in [-0.39, 0.29) is 11.9 Å². The fourth-order valence-electron chi connectivity index (χ4n) is 3.33. The van der Waals surface area contributed by atoms with Crippen LogP contribution in [-0.4, -0.2) is 63.2 Å². The average molecular weight is 396 g/mol. The summed E-state index contributed by atoms with van der Waals surface area (Å²) in [5, 5.41) is 9.57. The van der Waals surface area contributed by atoms with Gasteiger partial charge in [0.05, 0.1) is 18.4 Å². The molecule has 1 aromatic carbocycles. The fourth-order valence-corrected chi connectivity index (χ4v) is 3.33. The molecule has 3 rings (SSSR count). The number of rotatable bonds is 7. The summed E-state index contributed by atoms with van der Waals surface area (Å²) in [6, 6.07) is 11.8. The second-order valence-corrected chi connectivity index (χ2v) is 6.74. The number of carbonyl (C=O) groups excluding carboxylic acids is 1. The summed E-state index contributed by atoms with van der Waals surface area (Å²) in [7, 11) is 3.44. The maximum absolute atomic E-state index is 12.0. The number of methoxy groups -OCH3 is 1. The zero-order valence-electron chi connectivity index (χ0n) is 16.9. The number of aromatic nitrogens is 1. The molecule has 1 saturated heterocycles. The Morgan fingerprint density at radius 1 is 1.24 bits per heavy atom. The molecule has 0 spiro atoms. The quantitative estimate of drug-likeness (QED) is 0.371. The van der Waals surface area contributed by atoms with Gasteiger partial charge in [-0.2, -0.15) is 0 Å². The topological polar surface area (TPSA) is 90.9 Å². The zero-order chi connectivity index (χ0) is 20.5. The van der Waals surface area contributed by atoms with E-state index in [9.17, 15) is 4.79 Å². The minimum absolute atomic E-state index is 0.133. The summed E-state index contributed by atoms with van der Waals surface area (Å²) in [5.74, 6) is 1.48. The monoisotopic (exact) mass is 396 g/mol. The molecule has 1 amide bonds. The number of guanidine groups is 1. The molecule has 1 aliphatic rings. The molecule has 3 N–H and O–H groups in total. The second-order valence-electron chi connectivity index (χ2n) is 6.74. The number of hydrogen-bond donors (Lipinski definition) is 3. The summed E-state index contributed by atoms with van der Waals surface area (Å²) in [6.07, 6.45) is 4.21. The lowest BCUT2D eigenvalue weighted by atomic mass is 10.2. The molecule has 0 aliphatic carbocycles. The van der Waals surface area contributed by atoms with Crippen LogP contribution in [0.4, 0.5) is 5.69 Å². The second kappa shape index (κ2) is 10.3. The lowest BCUT2D eigenvalue weighted by Gasteiger charge is -2.22. The van der Waals surface area contributed by atoms with Gasteiger partial charge in [-0.3, -0.25) is 14.8 Å². The van der Waals surface area contributed by atoms with E-state index < -0.39 is 0 Å². The zero-order valence-corrected chi connectivity index (χ0v) is 16.9. The number of benzene rings is 1. The van der Waals surface area contributed by atoms with Gasteiger partial charge in [-0.05, 0) is 30.7 Å². The first-order valence-corrected chi connectivity index (χ1v) is 9.74. The number of para-hydroxylation sites is 2. The molecule has 8 heteroatoms. The van der Waals surface area contributed by atoms with Gasteiger partial charge >= 0.3 is 0 Å². The summed E-state index contributed by atoms with van der Waals surface area (Å²) < 4.78 is 5.48. The number of nitrogens with zero attached hydrogens (tertiary/aromatic N) is 3. The van der Waals surface area contributed by atoms with Crippen LogP contribution in [0.5, 0.6) is 5.75 Å². The predicted molar refractivity (Wildman–Crippen MR) is 115 cm³/mol. The lowest BCUT2D eigenvalue weighted by molar-refractivity contribution is 0.0954. The summed E-state index contributed by atoms with van der Waals surface area (Å²) in [6.45, 7) is 2.90. The third kappa shape index (κ3) is 5.60. The van der Waals surface area contributed by atoms with Crippen LogP contribution in [0.2, 0.25) is 0 Å². The Hall–Kier alpha value is -3.29. The van der Waals surface area contributed by atoms with Crippen LogP contribution in [-0.2, 0) is 0 Å². The van der Waals surface area contributed by atoms with Crippen LogP contribution in [0.15, 0.2) is 53.8 Å². The van der Waals surface area contributed by atoms with E-state index in [0.29, 0.717) is 18.7 Å². The first-order chi connectivity index (χ1) is 14.2. The van der Waals surface area contributed by atoms with Crippen molar-refractivity contribution in [2.75, 3.05) is 45.2 Å². The van der Waals surface area contributed by atoms with Crippen LogP contribution in [0.1, 0.15) is 16.8 Å². The van der Waals surface area contributed by atoms with Gasteiger partial charge in [0.1, 0.15) is 5.75 Å². The highest BCUT2D eigenvalue weighted by Crippen LogP contribution is 2.30. The van der Waals surface area contributed by atoms with Crippen molar-refractivity contribution in [2.24, 2.45) is 4.99 Å². The third-order valence-electron chi connectivity index (χ3n) is 4.81. The van der Waals surface area contributed by atoms with Crippen LogP contribution in [0.3, 0.4) is 0 Å². The van der Waals surface area contributed by atoms with E-state index in [0.717, 1.165) is 36.9 Å². The molecule has 154 valence electrons. The number of nitrogens with one attached hydrogen (secondary N) is 3. The van der Waals surface area contributed by atoms with Crippen molar-refractivity contribution in [1.82, 2.24) is 20.9 Å². The largest absolute Gasteiger partial charge is 0.495 e. The molecule has 1 unspecified atom stereocenters. The molecule has 2 heterocycles. The van der Waals surface area contributed by atoms with Crippen molar-refractivity contribution in [2.45, 2.75) is 12.5 Å². The highest BCUT2D eigenvalue weighted by Gasteiger charge is 2.25. The Kier molecular flexibility index (Phi) is 7.27. The molecule has 1 aromatic heterocycles. The first kappa shape index (κ1) is 20.4. The Bertz CT molecular complexity index is 827. The molecule has 29 heavy (non-hydrogen) atoms. The Morgan fingerprint density at radius 3 is 2.83 bits per heavy atom. The Balaban J connectivity index is 1.42. The van der Waals surface area contributed by atoms with Crippen molar-refractivity contribution < 1.29 is 9.53 Å². The van der Waals surface area contributed by atoms with Gasteiger partial charge < -0.3 is 25.6 Å². The first-order valence-electron chi connectivity index (χ1n) is 9.74. The lowest BCUT2D eigenvalue weighted by Crippen LogP contribution is -2.46. The van der Waals surface area contributed by atoms with E-state index in [4.69, 9.17) is 4.74 Å². The van der Waals surface area contributed by atoms with Gasteiger partial charge in [-0.15, -0.1) is 0 Å². The molecule has 1 aliphatic heterocycles. The van der Waals surface area contributed by atoms with Crippen molar-refractivity contribution in [3.05, 3.63) is 54.4 Å². The van der Waals surface area contributed by atoms with Crippen molar-refractivity contribution in [3.63, 3.8) is 0 Å². The SMILES string of the molecule is CN=C(NCCNC(=O)c1cccnc1)NC1CCN(c2ccccc2OC)C1. The minimum atomic E-state index is -0.133. The van der Waals surface area contributed by atoms with Crippen molar-refractivity contribution in [1.29, 1.82) is 0 Å². The van der Waals surface area contributed by atoms with Gasteiger partial charge in [0.15, 0.2) is 5.96 Å². The molecule has 2 aromatic rings. The highest BCUT2D eigenvalue weighted by atomic mass is 16.5. The van der Waals surface area contributed by atoms with Crippen LogP contribution < -0.4 is 25.6 Å². The van der Waals surface area contributed by atoms with Crippen molar-refractivity contribution in [3.8, 4) is 5.75 Å². The van der Waals surface area contributed by atoms with E-state index in [2.05, 4.69) is 36.9 Å².